The number of aromatic nitrogens is 1. The maximum Gasteiger partial charge on any atom is 0.312 e. The van der Waals surface area contributed by atoms with Crippen molar-refractivity contribution in [2.45, 2.75) is 38.8 Å². The van der Waals surface area contributed by atoms with Crippen LogP contribution in [0.2, 0.25) is 0 Å². The molecule has 25 heavy (non-hydrogen) atoms. The van der Waals surface area contributed by atoms with Gasteiger partial charge in [0.1, 0.15) is 0 Å². The zero-order chi connectivity index (χ0) is 17.4. The number of carboxylic acids is 1. The van der Waals surface area contributed by atoms with Crippen LogP contribution in [0.4, 0.5) is 0 Å². The molecule has 0 saturated carbocycles. The van der Waals surface area contributed by atoms with Gasteiger partial charge >= 0.3 is 5.97 Å². The number of aliphatic carboxylic acids is 1. The van der Waals surface area contributed by atoms with Gasteiger partial charge < -0.3 is 9.84 Å². The van der Waals surface area contributed by atoms with E-state index in [4.69, 9.17) is 4.74 Å². The molecule has 1 aromatic rings. The van der Waals surface area contributed by atoms with Gasteiger partial charge in [0.2, 0.25) is 0 Å². The summed E-state index contributed by atoms with van der Waals surface area (Å²) in [5.41, 5.74) is 0.477. The maximum absolute atomic E-state index is 12.2. The first-order chi connectivity index (χ1) is 12.1. The molecule has 4 heterocycles. The normalized spacial score (nSPS) is 31.5. The monoisotopic (exact) mass is 365 g/mol. The first kappa shape index (κ1) is 17.4. The van der Waals surface area contributed by atoms with E-state index in [9.17, 15) is 9.90 Å². The summed E-state index contributed by atoms with van der Waals surface area (Å²) in [6.45, 7) is 7.61. The van der Waals surface area contributed by atoms with Gasteiger partial charge in [0.25, 0.3) is 0 Å². The second-order valence-electron chi connectivity index (χ2n) is 7.69. The number of carboxylic acid groups (broad SMARTS) is 1. The Balaban J connectivity index is 1.44. The maximum atomic E-state index is 12.2. The average Bonchev–Trinajstić information content (AvgIpc) is 3.28. The van der Waals surface area contributed by atoms with Crippen molar-refractivity contribution in [1.82, 2.24) is 14.8 Å². The van der Waals surface area contributed by atoms with E-state index >= 15 is 0 Å². The van der Waals surface area contributed by atoms with Gasteiger partial charge in [-0.05, 0) is 19.3 Å². The van der Waals surface area contributed by atoms with E-state index in [1.54, 1.807) is 11.3 Å². The molecule has 138 valence electrons. The Kier molecular flexibility index (Phi) is 4.83. The Morgan fingerprint density at radius 2 is 2.20 bits per heavy atom. The predicted molar refractivity (Wildman–Crippen MR) is 95.7 cm³/mol. The molecule has 2 atom stereocenters. The quantitative estimate of drug-likeness (QED) is 0.857. The number of hydrogen-bond donors (Lipinski definition) is 1. The molecule has 0 aromatic carbocycles. The van der Waals surface area contributed by atoms with Crippen LogP contribution in [0.25, 0.3) is 0 Å². The van der Waals surface area contributed by atoms with Crippen LogP contribution in [-0.2, 0) is 22.5 Å². The zero-order valence-corrected chi connectivity index (χ0v) is 15.6. The van der Waals surface area contributed by atoms with Crippen LogP contribution in [0.5, 0.6) is 0 Å². The summed E-state index contributed by atoms with van der Waals surface area (Å²) in [5.74, 6) is -0.404. The number of rotatable bonds is 5. The topological polar surface area (TPSA) is 65.9 Å². The first-order valence-electron chi connectivity index (χ1n) is 9.31. The summed E-state index contributed by atoms with van der Waals surface area (Å²) < 4.78 is 5.46. The Labute approximate surface area is 152 Å². The second-order valence-corrected chi connectivity index (χ2v) is 8.63. The summed E-state index contributed by atoms with van der Waals surface area (Å²) in [4.78, 5) is 21.6. The lowest BCUT2D eigenvalue weighted by Crippen LogP contribution is -2.44. The summed E-state index contributed by atoms with van der Waals surface area (Å²) in [6.07, 6.45) is 3.03. The minimum Gasteiger partial charge on any atom is -0.481 e. The van der Waals surface area contributed by atoms with E-state index in [1.807, 2.05) is 0 Å². The van der Waals surface area contributed by atoms with Crippen LogP contribution in [0.1, 0.15) is 30.5 Å². The molecular formula is C18H27N3O3S. The number of fused-ring (bicyclic) bond motifs is 1. The van der Waals surface area contributed by atoms with Crippen molar-refractivity contribution in [2.75, 3.05) is 39.4 Å². The second kappa shape index (κ2) is 6.95. The number of nitrogens with zero attached hydrogens (tertiary/aromatic N) is 3. The molecule has 4 rings (SSSR count). The Hall–Kier alpha value is -1.02. The third-order valence-electron chi connectivity index (χ3n) is 6.13. The highest BCUT2D eigenvalue weighted by Gasteiger charge is 2.58. The third-order valence-corrected chi connectivity index (χ3v) is 7.17. The van der Waals surface area contributed by atoms with Crippen LogP contribution >= 0.6 is 11.3 Å². The predicted octanol–water partition coefficient (Wildman–Crippen LogP) is 1.70. The highest BCUT2D eigenvalue weighted by atomic mass is 32.1. The smallest absolute Gasteiger partial charge is 0.312 e. The van der Waals surface area contributed by atoms with E-state index in [0.717, 1.165) is 62.8 Å². The molecule has 3 aliphatic heterocycles. The molecule has 0 aliphatic carbocycles. The molecule has 0 spiro atoms. The number of hydrogen-bond acceptors (Lipinski definition) is 6. The van der Waals surface area contributed by atoms with Gasteiger partial charge in [0, 0.05) is 63.3 Å². The fraction of sp³-hybridized carbons (Fsp3) is 0.778. The lowest BCUT2D eigenvalue weighted by atomic mass is 9.81. The van der Waals surface area contributed by atoms with E-state index in [0.29, 0.717) is 19.1 Å². The van der Waals surface area contributed by atoms with Crippen LogP contribution in [0.3, 0.4) is 0 Å². The van der Waals surface area contributed by atoms with Gasteiger partial charge in [-0.2, -0.15) is 0 Å². The molecule has 0 amide bonds. The standard InChI is InChI=1S/C18H27N3O3S/c1-2-16-19-14(10-25-16)9-20-7-13-8-21(15-3-5-24-6-4-15)12-18(13,11-20)17(22)23/h10,13,15H,2-9,11-12H2,1H3,(H,22,23)/t13-,18-/m0/s1. The number of thiazole rings is 1. The van der Waals surface area contributed by atoms with Crippen LogP contribution in [0, 0.1) is 11.3 Å². The molecule has 3 aliphatic rings. The minimum atomic E-state index is -0.623. The molecule has 7 heteroatoms. The van der Waals surface area contributed by atoms with Gasteiger partial charge in [-0.15, -0.1) is 11.3 Å². The van der Waals surface area contributed by atoms with Crippen molar-refractivity contribution in [1.29, 1.82) is 0 Å². The van der Waals surface area contributed by atoms with Crippen LogP contribution in [0.15, 0.2) is 5.38 Å². The highest BCUT2D eigenvalue weighted by molar-refractivity contribution is 7.09. The van der Waals surface area contributed by atoms with Gasteiger partial charge in [0.15, 0.2) is 0 Å². The number of aryl methyl sites for hydroxylation is 1. The fourth-order valence-corrected chi connectivity index (χ4v) is 5.51. The van der Waals surface area contributed by atoms with Crippen molar-refractivity contribution in [3.05, 3.63) is 16.1 Å². The summed E-state index contributed by atoms with van der Waals surface area (Å²) in [6, 6.07) is 0.495. The van der Waals surface area contributed by atoms with Crippen molar-refractivity contribution in [2.24, 2.45) is 11.3 Å². The molecule has 0 radical (unpaired) electrons. The lowest BCUT2D eigenvalue weighted by molar-refractivity contribution is -0.149. The number of ether oxygens (including phenoxy) is 1. The van der Waals surface area contributed by atoms with Crippen LogP contribution < -0.4 is 0 Å². The molecule has 3 fully saturated rings. The highest BCUT2D eigenvalue weighted by Crippen LogP contribution is 2.44. The summed E-state index contributed by atoms with van der Waals surface area (Å²) in [5, 5.41) is 13.3. The third kappa shape index (κ3) is 3.23. The van der Waals surface area contributed by atoms with Crippen molar-refractivity contribution in [3.8, 4) is 0 Å². The van der Waals surface area contributed by atoms with Crippen molar-refractivity contribution < 1.29 is 14.6 Å². The van der Waals surface area contributed by atoms with Gasteiger partial charge in [-0.1, -0.05) is 6.92 Å². The van der Waals surface area contributed by atoms with Crippen LogP contribution in [-0.4, -0.2) is 71.3 Å². The molecule has 0 unspecified atom stereocenters. The molecule has 3 saturated heterocycles. The van der Waals surface area contributed by atoms with Gasteiger partial charge in [-0.3, -0.25) is 14.6 Å². The Bertz CT molecular complexity index is 631. The number of likely N-dealkylation sites (tertiary alicyclic amines) is 2. The molecule has 1 N–H and O–H groups in total. The zero-order valence-electron chi connectivity index (χ0n) is 14.8. The minimum absolute atomic E-state index is 0.220. The number of carbonyl (C=O) groups is 1. The van der Waals surface area contributed by atoms with E-state index < -0.39 is 11.4 Å². The molecule has 0 bridgehead atoms. The van der Waals surface area contributed by atoms with E-state index in [2.05, 4.69) is 27.1 Å². The Morgan fingerprint density at radius 3 is 2.84 bits per heavy atom. The molecule has 6 nitrogen and oxygen atoms in total. The summed E-state index contributed by atoms with van der Waals surface area (Å²) >= 11 is 1.70. The fourth-order valence-electron chi connectivity index (χ4n) is 4.77. The SMILES string of the molecule is CCc1nc(CN2C[C@H]3CN(C4CCOCC4)C[C@@]3(C(=O)O)C2)cs1. The van der Waals surface area contributed by atoms with Crippen molar-refractivity contribution in [3.63, 3.8) is 0 Å². The average molecular weight is 365 g/mol. The van der Waals surface area contributed by atoms with E-state index in [1.165, 1.54) is 0 Å². The first-order valence-corrected chi connectivity index (χ1v) is 10.2. The van der Waals surface area contributed by atoms with Gasteiger partial charge in [-0.25, -0.2) is 4.98 Å². The van der Waals surface area contributed by atoms with Crippen molar-refractivity contribution >= 4 is 17.3 Å². The Morgan fingerprint density at radius 1 is 1.40 bits per heavy atom. The molecule has 1 aromatic heterocycles. The molecular weight excluding hydrogens is 338 g/mol. The van der Waals surface area contributed by atoms with E-state index in [-0.39, 0.29) is 5.92 Å². The largest absolute Gasteiger partial charge is 0.481 e. The van der Waals surface area contributed by atoms with Gasteiger partial charge in [0.05, 0.1) is 16.1 Å². The summed E-state index contributed by atoms with van der Waals surface area (Å²) in [7, 11) is 0. The lowest BCUT2D eigenvalue weighted by Gasteiger charge is -2.33.